The Hall–Kier alpha value is -1.41. The van der Waals surface area contributed by atoms with Crippen molar-refractivity contribution in [2.24, 2.45) is 0 Å². The molecular formula is C12H6ClF2. The first-order valence-corrected chi connectivity index (χ1v) is 4.68. The Morgan fingerprint density at radius 2 is 1.60 bits per heavy atom. The van der Waals surface area contributed by atoms with Gasteiger partial charge in [-0.2, -0.15) is 0 Å². The Bertz CT molecular complexity index is 474. The Labute approximate surface area is 91.1 Å². The van der Waals surface area contributed by atoms with E-state index in [1.165, 1.54) is 12.1 Å². The van der Waals surface area contributed by atoms with Crippen LogP contribution < -0.4 is 0 Å². The summed E-state index contributed by atoms with van der Waals surface area (Å²) < 4.78 is 25.8. The average Bonchev–Trinajstić information content (AvgIpc) is 2.16. The summed E-state index contributed by atoms with van der Waals surface area (Å²) in [6.07, 6.45) is 0. The van der Waals surface area contributed by atoms with Crippen molar-refractivity contribution in [1.82, 2.24) is 0 Å². The van der Waals surface area contributed by atoms with E-state index < -0.39 is 11.6 Å². The third kappa shape index (κ3) is 2.16. The molecule has 0 aliphatic heterocycles. The summed E-state index contributed by atoms with van der Waals surface area (Å²) in [6, 6.07) is 11.2. The van der Waals surface area contributed by atoms with Gasteiger partial charge in [-0.05, 0) is 23.8 Å². The summed E-state index contributed by atoms with van der Waals surface area (Å²) in [4.78, 5) is 0. The smallest absolute Gasteiger partial charge is 0.134 e. The van der Waals surface area contributed by atoms with Crippen LogP contribution in [-0.4, -0.2) is 0 Å². The largest absolute Gasteiger partial charge is 0.206 e. The van der Waals surface area contributed by atoms with E-state index in [4.69, 9.17) is 11.6 Å². The molecule has 1 radical (unpaired) electrons. The molecular weight excluding hydrogens is 218 g/mol. The quantitative estimate of drug-likeness (QED) is 0.683. The summed E-state index contributed by atoms with van der Waals surface area (Å²) in [7, 11) is 0. The molecule has 0 saturated carbocycles. The maximum absolute atomic E-state index is 12.9. The van der Waals surface area contributed by atoms with Gasteiger partial charge in [0, 0.05) is 10.6 Å². The van der Waals surface area contributed by atoms with Gasteiger partial charge in [-0.15, -0.1) is 0 Å². The van der Waals surface area contributed by atoms with Gasteiger partial charge in [-0.1, -0.05) is 29.8 Å². The van der Waals surface area contributed by atoms with Crippen LogP contribution in [0.5, 0.6) is 0 Å². The molecule has 0 N–H and O–H groups in total. The highest BCUT2D eigenvalue weighted by atomic mass is 35.5. The maximum atomic E-state index is 12.9. The third-order valence-corrected chi connectivity index (χ3v) is 2.32. The number of hydrogen-bond acceptors (Lipinski definition) is 0. The SMILES string of the molecule is Fc1[c]c(F)cc(-c2ccccc2Cl)c1. The average molecular weight is 224 g/mol. The molecule has 0 saturated heterocycles. The highest BCUT2D eigenvalue weighted by Crippen LogP contribution is 2.28. The van der Waals surface area contributed by atoms with E-state index in [0.29, 0.717) is 16.1 Å². The zero-order chi connectivity index (χ0) is 10.8. The van der Waals surface area contributed by atoms with Gasteiger partial charge >= 0.3 is 0 Å². The predicted octanol–water partition coefficient (Wildman–Crippen LogP) is 4.09. The molecule has 15 heavy (non-hydrogen) atoms. The first-order valence-electron chi connectivity index (χ1n) is 4.30. The van der Waals surface area contributed by atoms with Crippen molar-refractivity contribution < 1.29 is 8.78 Å². The van der Waals surface area contributed by atoms with E-state index in [9.17, 15) is 8.78 Å². The topological polar surface area (TPSA) is 0 Å². The van der Waals surface area contributed by atoms with Gasteiger partial charge in [0.2, 0.25) is 0 Å². The lowest BCUT2D eigenvalue weighted by Gasteiger charge is -2.04. The predicted molar refractivity (Wildman–Crippen MR) is 55.6 cm³/mol. The second-order valence-electron chi connectivity index (χ2n) is 3.04. The van der Waals surface area contributed by atoms with Crippen molar-refractivity contribution in [2.45, 2.75) is 0 Å². The fourth-order valence-corrected chi connectivity index (χ4v) is 1.60. The summed E-state index contributed by atoms with van der Waals surface area (Å²) in [6.45, 7) is 0. The Morgan fingerprint density at radius 1 is 1.00 bits per heavy atom. The number of rotatable bonds is 1. The van der Waals surface area contributed by atoms with E-state index in [1.54, 1.807) is 24.3 Å². The molecule has 2 rings (SSSR count). The van der Waals surface area contributed by atoms with E-state index in [1.807, 2.05) is 6.07 Å². The Balaban J connectivity index is 2.59. The van der Waals surface area contributed by atoms with Crippen LogP contribution in [0.2, 0.25) is 5.02 Å². The van der Waals surface area contributed by atoms with Gasteiger partial charge in [0.05, 0.1) is 6.07 Å². The van der Waals surface area contributed by atoms with Crippen molar-refractivity contribution in [3.63, 3.8) is 0 Å². The molecule has 0 unspecified atom stereocenters. The molecule has 0 nitrogen and oxygen atoms in total. The lowest BCUT2D eigenvalue weighted by molar-refractivity contribution is 0.580. The minimum Gasteiger partial charge on any atom is -0.206 e. The number of halogens is 3. The summed E-state index contributed by atoms with van der Waals surface area (Å²) >= 11 is 5.91. The Morgan fingerprint density at radius 3 is 2.20 bits per heavy atom. The zero-order valence-corrected chi connectivity index (χ0v) is 8.35. The fourth-order valence-electron chi connectivity index (χ4n) is 1.35. The highest BCUT2D eigenvalue weighted by Gasteiger charge is 2.06. The molecule has 3 heteroatoms. The molecule has 0 fully saturated rings. The summed E-state index contributed by atoms with van der Waals surface area (Å²) in [5.41, 5.74) is 1.01. The van der Waals surface area contributed by atoms with Crippen molar-refractivity contribution in [2.75, 3.05) is 0 Å². The van der Waals surface area contributed by atoms with E-state index in [0.717, 1.165) is 0 Å². The standard InChI is InChI=1S/C12H6ClF2/c13-12-4-2-1-3-11(12)8-5-9(14)7-10(15)6-8/h1-6H. The highest BCUT2D eigenvalue weighted by molar-refractivity contribution is 6.33. The van der Waals surface area contributed by atoms with Crippen molar-refractivity contribution in [3.8, 4) is 11.1 Å². The molecule has 0 bridgehead atoms. The molecule has 0 atom stereocenters. The normalized spacial score (nSPS) is 10.3. The van der Waals surface area contributed by atoms with Crippen LogP contribution in [0.25, 0.3) is 11.1 Å². The molecule has 0 aromatic heterocycles. The molecule has 0 aliphatic rings. The zero-order valence-electron chi connectivity index (χ0n) is 7.60. The van der Waals surface area contributed by atoms with Crippen LogP contribution in [0.1, 0.15) is 0 Å². The van der Waals surface area contributed by atoms with Crippen LogP contribution in [-0.2, 0) is 0 Å². The molecule has 2 aromatic carbocycles. The number of benzene rings is 2. The van der Waals surface area contributed by atoms with Crippen molar-refractivity contribution in [3.05, 3.63) is 59.1 Å². The lowest BCUT2D eigenvalue weighted by Crippen LogP contribution is -1.85. The number of hydrogen-bond donors (Lipinski definition) is 0. The second kappa shape index (κ2) is 3.99. The lowest BCUT2D eigenvalue weighted by atomic mass is 10.1. The van der Waals surface area contributed by atoms with Crippen molar-refractivity contribution in [1.29, 1.82) is 0 Å². The molecule has 0 heterocycles. The Kier molecular flexibility index (Phi) is 2.69. The van der Waals surface area contributed by atoms with E-state index >= 15 is 0 Å². The molecule has 75 valence electrons. The first kappa shape index (κ1) is 10.1. The van der Waals surface area contributed by atoms with Crippen molar-refractivity contribution >= 4 is 11.6 Å². The van der Waals surface area contributed by atoms with Crippen LogP contribution in [0.15, 0.2) is 36.4 Å². The fraction of sp³-hybridized carbons (Fsp3) is 0. The van der Waals surface area contributed by atoms with Gasteiger partial charge in [-0.25, -0.2) is 8.78 Å². The molecule has 2 aromatic rings. The van der Waals surface area contributed by atoms with Crippen LogP contribution in [0.3, 0.4) is 0 Å². The second-order valence-corrected chi connectivity index (χ2v) is 3.45. The van der Waals surface area contributed by atoms with Gasteiger partial charge in [-0.3, -0.25) is 0 Å². The van der Waals surface area contributed by atoms with Gasteiger partial charge in [0.15, 0.2) is 0 Å². The molecule has 0 amide bonds. The summed E-state index contributed by atoms with van der Waals surface area (Å²) in [5.74, 6) is -1.46. The first-order chi connectivity index (χ1) is 7.16. The van der Waals surface area contributed by atoms with Gasteiger partial charge in [0.25, 0.3) is 0 Å². The summed E-state index contributed by atoms with van der Waals surface area (Å²) in [5, 5.41) is 0.461. The van der Waals surface area contributed by atoms with E-state index in [2.05, 4.69) is 0 Å². The van der Waals surface area contributed by atoms with Crippen LogP contribution in [0.4, 0.5) is 8.78 Å². The molecule has 0 spiro atoms. The maximum Gasteiger partial charge on any atom is 0.134 e. The minimum atomic E-state index is -0.732. The van der Waals surface area contributed by atoms with Crippen LogP contribution >= 0.6 is 11.6 Å². The third-order valence-electron chi connectivity index (χ3n) is 1.99. The van der Waals surface area contributed by atoms with Crippen LogP contribution in [0, 0.1) is 17.7 Å². The van der Waals surface area contributed by atoms with E-state index in [-0.39, 0.29) is 0 Å². The monoisotopic (exact) mass is 223 g/mol. The van der Waals surface area contributed by atoms with Gasteiger partial charge < -0.3 is 0 Å². The van der Waals surface area contributed by atoms with Gasteiger partial charge in [0.1, 0.15) is 11.6 Å². The molecule has 0 aliphatic carbocycles. The minimum absolute atomic E-state index is 0.411.